The molecule has 0 aromatic heterocycles. The van der Waals surface area contributed by atoms with Crippen LogP contribution in [0.1, 0.15) is 11.1 Å². The zero-order chi connectivity index (χ0) is 9.68. The highest BCUT2D eigenvalue weighted by Crippen LogP contribution is 2.08. The lowest BCUT2D eigenvalue weighted by Gasteiger charge is -1.97. The van der Waals surface area contributed by atoms with Crippen LogP contribution in [0.5, 0.6) is 0 Å². The second kappa shape index (κ2) is 4.90. The van der Waals surface area contributed by atoms with Crippen molar-refractivity contribution in [3.05, 3.63) is 35.1 Å². The molecule has 0 bridgehead atoms. The van der Waals surface area contributed by atoms with Gasteiger partial charge in [-0.25, -0.2) is 4.39 Å². The molecule has 0 unspecified atom stereocenters. The van der Waals surface area contributed by atoms with Crippen LogP contribution < -0.4 is 0 Å². The maximum Gasteiger partial charge on any atom is 0.124 e. The summed E-state index contributed by atoms with van der Waals surface area (Å²) in [7, 11) is 0. The molecule has 0 aliphatic rings. The van der Waals surface area contributed by atoms with Crippen molar-refractivity contribution < 1.29 is 9.50 Å². The van der Waals surface area contributed by atoms with Gasteiger partial charge in [0.05, 0.1) is 12.4 Å². The van der Waals surface area contributed by atoms with Gasteiger partial charge in [0.2, 0.25) is 0 Å². The largest absolute Gasteiger partial charge is 0.392 e. The minimum absolute atomic E-state index is 0.173. The number of benzene rings is 1. The first-order chi connectivity index (χ1) is 6.26. The van der Waals surface area contributed by atoms with Gasteiger partial charge in [-0.2, -0.15) is 12.6 Å². The van der Waals surface area contributed by atoms with Crippen LogP contribution in [0.25, 0.3) is 0 Å². The molecule has 0 radical (unpaired) electrons. The molecule has 0 aliphatic carbocycles. The summed E-state index contributed by atoms with van der Waals surface area (Å²) in [6, 6.07) is 4.26. The molecule has 0 aliphatic heterocycles. The highest BCUT2D eigenvalue weighted by molar-refractivity contribution is 7.80. The van der Waals surface area contributed by atoms with Crippen LogP contribution in [0.3, 0.4) is 0 Å². The third kappa shape index (κ3) is 3.10. The van der Waals surface area contributed by atoms with E-state index in [9.17, 15) is 4.39 Å². The number of rotatable bonds is 1. The van der Waals surface area contributed by atoms with Gasteiger partial charge in [-0.1, -0.05) is 11.8 Å². The lowest BCUT2D eigenvalue weighted by molar-refractivity contribution is 0.281. The molecule has 1 N–H and O–H groups in total. The molecule has 0 heterocycles. The number of halogens is 1. The van der Waals surface area contributed by atoms with E-state index in [4.69, 9.17) is 5.11 Å². The Balaban J connectivity index is 3.01. The fourth-order valence-electron chi connectivity index (χ4n) is 0.955. The monoisotopic (exact) mass is 196 g/mol. The molecule has 0 saturated carbocycles. The van der Waals surface area contributed by atoms with Gasteiger partial charge in [0, 0.05) is 5.56 Å². The molecule has 13 heavy (non-hydrogen) atoms. The first-order valence-corrected chi connectivity index (χ1v) is 4.39. The van der Waals surface area contributed by atoms with Crippen molar-refractivity contribution in [2.45, 2.75) is 6.61 Å². The third-order valence-corrected chi connectivity index (χ3v) is 1.61. The zero-order valence-electron chi connectivity index (χ0n) is 6.92. The minimum Gasteiger partial charge on any atom is -0.392 e. The Kier molecular flexibility index (Phi) is 3.81. The summed E-state index contributed by atoms with van der Waals surface area (Å²) in [5, 5.41) is 8.78. The van der Waals surface area contributed by atoms with Crippen LogP contribution in [0, 0.1) is 17.7 Å². The molecule has 1 aromatic carbocycles. The summed E-state index contributed by atoms with van der Waals surface area (Å²) in [6.45, 7) is -0.173. The van der Waals surface area contributed by atoms with Crippen LogP contribution in [0.15, 0.2) is 18.2 Å². The van der Waals surface area contributed by atoms with Crippen molar-refractivity contribution in [1.82, 2.24) is 0 Å². The average molecular weight is 196 g/mol. The van der Waals surface area contributed by atoms with Gasteiger partial charge in [-0.3, -0.25) is 0 Å². The van der Waals surface area contributed by atoms with E-state index in [1.54, 1.807) is 6.07 Å². The normalized spacial score (nSPS) is 9.15. The van der Waals surface area contributed by atoms with E-state index in [0.29, 0.717) is 16.9 Å². The lowest BCUT2D eigenvalue weighted by Crippen LogP contribution is -1.87. The van der Waals surface area contributed by atoms with Crippen molar-refractivity contribution in [3.63, 3.8) is 0 Å². The van der Waals surface area contributed by atoms with E-state index >= 15 is 0 Å². The van der Waals surface area contributed by atoms with Crippen LogP contribution in [0.4, 0.5) is 4.39 Å². The maximum absolute atomic E-state index is 12.8. The molecule has 3 heteroatoms. The fourth-order valence-corrected chi connectivity index (χ4v) is 1.03. The summed E-state index contributed by atoms with van der Waals surface area (Å²) >= 11 is 3.91. The molecule has 1 nitrogen and oxygen atoms in total. The van der Waals surface area contributed by atoms with E-state index in [2.05, 4.69) is 24.5 Å². The number of hydrogen-bond acceptors (Lipinski definition) is 2. The number of hydrogen-bond donors (Lipinski definition) is 2. The van der Waals surface area contributed by atoms with Crippen LogP contribution in [0.2, 0.25) is 0 Å². The molecular weight excluding hydrogens is 187 g/mol. The van der Waals surface area contributed by atoms with Crippen molar-refractivity contribution in [3.8, 4) is 11.8 Å². The molecule has 0 fully saturated rings. The van der Waals surface area contributed by atoms with Crippen molar-refractivity contribution in [1.29, 1.82) is 0 Å². The Labute approximate surface area is 82.0 Å². The number of aliphatic hydroxyl groups excluding tert-OH is 1. The van der Waals surface area contributed by atoms with E-state index < -0.39 is 0 Å². The van der Waals surface area contributed by atoms with Crippen LogP contribution >= 0.6 is 12.6 Å². The number of aliphatic hydroxyl groups is 1. The van der Waals surface area contributed by atoms with E-state index in [-0.39, 0.29) is 12.4 Å². The van der Waals surface area contributed by atoms with Gasteiger partial charge in [0.25, 0.3) is 0 Å². The maximum atomic E-state index is 12.8. The molecule has 1 aromatic rings. The quantitative estimate of drug-likeness (QED) is 0.516. The molecule has 68 valence electrons. The smallest absolute Gasteiger partial charge is 0.124 e. The van der Waals surface area contributed by atoms with E-state index in [0.717, 1.165) is 0 Å². The van der Waals surface area contributed by atoms with Gasteiger partial charge < -0.3 is 5.11 Å². The summed E-state index contributed by atoms with van der Waals surface area (Å²) in [4.78, 5) is 0. The van der Waals surface area contributed by atoms with Gasteiger partial charge in [0.1, 0.15) is 5.82 Å². The lowest BCUT2D eigenvalue weighted by atomic mass is 10.1. The zero-order valence-corrected chi connectivity index (χ0v) is 7.81. The summed E-state index contributed by atoms with van der Waals surface area (Å²) in [6.07, 6.45) is 0. The second-order valence-electron chi connectivity index (χ2n) is 2.47. The molecular formula is C10H9FOS. The molecule has 0 amide bonds. The standard InChI is InChI=1S/C10H9FOS/c11-10-5-8(2-1-3-13)4-9(6-10)7-12/h4-6,12-13H,3,7H2. The Morgan fingerprint density at radius 1 is 1.38 bits per heavy atom. The summed E-state index contributed by atoms with van der Waals surface area (Å²) in [5.74, 6) is 5.50. The first-order valence-electron chi connectivity index (χ1n) is 3.76. The van der Waals surface area contributed by atoms with Gasteiger partial charge in [0.15, 0.2) is 0 Å². The highest BCUT2D eigenvalue weighted by atomic mass is 32.1. The predicted molar refractivity (Wildman–Crippen MR) is 53.1 cm³/mol. The Morgan fingerprint density at radius 3 is 2.77 bits per heavy atom. The first kappa shape index (κ1) is 10.1. The fraction of sp³-hybridized carbons (Fsp3) is 0.200. The van der Waals surface area contributed by atoms with Crippen LogP contribution in [-0.2, 0) is 6.61 Å². The van der Waals surface area contributed by atoms with Crippen LogP contribution in [-0.4, -0.2) is 10.9 Å². The topological polar surface area (TPSA) is 20.2 Å². The Hall–Kier alpha value is -0.980. The molecule has 0 saturated heterocycles. The van der Waals surface area contributed by atoms with Crippen molar-refractivity contribution in [2.24, 2.45) is 0 Å². The SMILES string of the molecule is OCc1cc(F)cc(C#CCS)c1. The summed E-state index contributed by atoms with van der Waals surface area (Å²) in [5.41, 5.74) is 1.10. The second-order valence-corrected chi connectivity index (χ2v) is 2.78. The average Bonchev–Trinajstić information content (AvgIpc) is 2.14. The molecule has 0 spiro atoms. The van der Waals surface area contributed by atoms with Gasteiger partial charge >= 0.3 is 0 Å². The van der Waals surface area contributed by atoms with E-state index in [1.807, 2.05) is 0 Å². The predicted octanol–water partition coefficient (Wildman–Crippen LogP) is 1.60. The highest BCUT2D eigenvalue weighted by Gasteiger charge is 1.97. The third-order valence-electron chi connectivity index (χ3n) is 1.45. The van der Waals surface area contributed by atoms with Crippen molar-refractivity contribution >= 4 is 12.6 Å². The van der Waals surface area contributed by atoms with Crippen molar-refractivity contribution in [2.75, 3.05) is 5.75 Å². The summed E-state index contributed by atoms with van der Waals surface area (Å²) < 4.78 is 12.8. The Bertz CT molecular complexity index is 352. The molecule has 0 atom stereocenters. The molecule has 1 rings (SSSR count). The number of thiol groups is 1. The minimum atomic E-state index is -0.380. The van der Waals surface area contributed by atoms with E-state index in [1.165, 1.54) is 12.1 Å². The Morgan fingerprint density at radius 2 is 2.15 bits per heavy atom. The van der Waals surface area contributed by atoms with Gasteiger partial charge in [-0.15, -0.1) is 0 Å². The van der Waals surface area contributed by atoms with Gasteiger partial charge in [-0.05, 0) is 23.8 Å².